The summed E-state index contributed by atoms with van der Waals surface area (Å²) in [7, 11) is 0. The summed E-state index contributed by atoms with van der Waals surface area (Å²) in [6.07, 6.45) is 0. The molecule has 0 radical (unpaired) electrons. The van der Waals surface area contributed by atoms with E-state index in [9.17, 15) is 8.78 Å². The Bertz CT molecular complexity index is 575. The molecule has 0 aliphatic carbocycles. The van der Waals surface area contributed by atoms with Crippen molar-refractivity contribution in [1.29, 1.82) is 0 Å². The minimum absolute atomic E-state index is 0.139. The molecule has 0 saturated heterocycles. The van der Waals surface area contributed by atoms with E-state index in [0.717, 1.165) is 33.3 Å². The molecule has 20 heavy (non-hydrogen) atoms. The fourth-order valence-electron chi connectivity index (χ4n) is 1.40. The lowest BCUT2D eigenvalue weighted by Crippen LogP contribution is -1.86. The summed E-state index contributed by atoms with van der Waals surface area (Å²) < 4.78 is 25.0. The van der Waals surface area contributed by atoms with Gasteiger partial charge >= 0.3 is 0 Å². The maximum atomic E-state index is 12.5. The number of hydrogen-bond donors (Lipinski definition) is 0. The van der Waals surface area contributed by atoms with Crippen LogP contribution in [0, 0.1) is 32.4 Å². The molecular formula is C15H13Cl3F2. The molecule has 5 heteroatoms. The van der Waals surface area contributed by atoms with Gasteiger partial charge in [0.25, 0.3) is 0 Å². The molecule has 0 nitrogen and oxygen atoms in total. The smallest absolute Gasteiger partial charge is 0.142 e. The highest BCUT2D eigenvalue weighted by Crippen LogP contribution is 2.24. The van der Waals surface area contributed by atoms with Crippen LogP contribution in [0.2, 0.25) is 15.1 Å². The number of rotatable bonds is 0. The van der Waals surface area contributed by atoms with E-state index in [1.54, 1.807) is 0 Å². The summed E-state index contributed by atoms with van der Waals surface area (Å²) >= 11 is 17.0. The van der Waals surface area contributed by atoms with E-state index in [2.05, 4.69) is 0 Å². The predicted octanol–water partition coefficient (Wildman–Crippen LogP) is 6.54. The molecule has 0 heterocycles. The van der Waals surface area contributed by atoms with Crippen LogP contribution < -0.4 is 0 Å². The van der Waals surface area contributed by atoms with Crippen LogP contribution in [0.15, 0.2) is 24.3 Å². The zero-order valence-corrected chi connectivity index (χ0v) is 13.5. The molecule has 0 aliphatic heterocycles. The monoisotopic (exact) mass is 336 g/mol. The first-order valence-corrected chi connectivity index (χ1v) is 6.89. The topological polar surface area (TPSA) is 0 Å². The van der Waals surface area contributed by atoms with Gasteiger partial charge in [0.2, 0.25) is 0 Å². The first kappa shape index (κ1) is 17.2. The van der Waals surface area contributed by atoms with Gasteiger partial charge in [-0.3, -0.25) is 0 Å². The molecule has 0 amide bonds. The van der Waals surface area contributed by atoms with Crippen molar-refractivity contribution in [2.45, 2.75) is 20.8 Å². The highest BCUT2D eigenvalue weighted by atomic mass is 35.5. The first-order chi connectivity index (χ1) is 9.23. The molecule has 0 aliphatic rings. The Hall–Kier alpha value is -0.830. The fraction of sp³-hybridized carbons (Fsp3) is 0.200. The Balaban J connectivity index is 0.000000200. The van der Waals surface area contributed by atoms with Crippen molar-refractivity contribution in [3.8, 4) is 0 Å². The lowest BCUT2D eigenvalue weighted by atomic mass is 10.2. The van der Waals surface area contributed by atoms with Gasteiger partial charge in [-0.15, -0.1) is 0 Å². The molecule has 0 aromatic heterocycles. The summed E-state index contributed by atoms with van der Waals surface area (Å²) in [5.74, 6) is -1.06. The average Bonchev–Trinajstić information content (AvgIpc) is 2.39. The molecule has 0 N–H and O–H groups in total. The molecule has 2 aromatic rings. The van der Waals surface area contributed by atoms with Crippen LogP contribution in [0.25, 0.3) is 0 Å². The second-order valence-electron chi connectivity index (χ2n) is 4.32. The third kappa shape index (κ3) is 4.34. The maximum absolute atomic E-state index is 12.5. The van der Waals surface area contributed by atoms with E-state index in [0.29, 0.717) is 0 Å². The summed E-state index contributed by atoms with van der Waals surface area (Å²) in [4.78, 5) is 0. The minimum Gasteiger partial charge on any atom is -0.207 e. The van der Waals surface area contributed by atoms with E-state index in [1.165, 1.54) is 6.92 Å². The van der Waals surface area contributed by atoms with Crippen LogP contribution in [0.3, 0.4) is 0 Å². The maximum Gasteiger partial charge on any atom is 0.142 e. The highest BCUT2D eigenvalue weighted by Gasteiger charge is 2.05. The predicted molar refractivity (Wildman–Crippen MR) is 82.0 cm³/mol. The van der Waals surface area contributed by atoms with E-state index < -0.39 is 11.6 Å². The number of aryl methyl sites for hydroxylation is 1. The average molecular weight is 338 g/mol. The van der Waals surface area contributed by atoms with Gasteiger partial charge in [-0.05, 0) is 56.2 Å². The second-order valence-corrected chi connectivity index (χ2v) is 5.51. The van der Waals surface area contributed by atoms with Crippen LogP contribution in [0.1, 0.15) is 16.7 Å². The van der Waals surface area contributed by atoms with Gasteiger partial charge in [0, 0.05) is 15.6 Å². The zero-order chi connectivity index (χ0) is 15.4. The molecular weight excluding hydrogens is 325 g/mol. The lowest BCUT2D eigenvalue weighted by molar-refractivity contribution is 0.593. The van der Waals surface area contributed by atoms with Crippen molar-refractivity contribution in [3.63, 3.8) is 0 Å². The second kappa shape index (κ2) is 7.26. The Labute approximate surface area is 132 Å². The third-order valence-corrected chi connectivity index (χ3v) is 3.95. The summed E-state index contributed by atoms with van der Waals surface area (Å²) in [6, 6.07) is 5.87. The van der Waals surface area contributed by atoms with Gasteiger partial charge in [-0.2, -0.15) is 0 Å². The van der Waals surface area contributed by atoms with E-state index in [1.807, 2.05) is 26.0 Å². The van der Waals surface area contributed by atoms with Gasteiger partial charge in [-0.1, -0.05) is 34.8 Å². The van der Waals surface area contributed by atoms with Crippen molar-refractivity contribution in [2.75, 3.05) is 0 Å². The van der Waals surface area contributed by atoms with Crippen molar-refractivity contribution < 1.29 is 8.78 Å². The van der Waals surface area contributed by atoms with E-state index in [-0.39, 0.29) is 10.6 Å². The van der Waals surface area contributed by atoms with Gasteiger partial charge in [-0.25, -0.2) is 8.78 Å². The largest absolute Gasteiger partial charge is 0.207 e. The standard InChI is InChI=1S/C8H8Cl2.C7H5ClF2/c1-5-3-7(9)6(2)8(10)4-5;1-4-5(9)2-3-6(10)7(4)8/h3-4H,1-2H3;2-3H,1H3. The van der Waals surface area contributed by atoms with E-state index >= 15 is 0 Å². The summed E-state index contributed by atoms with van der Waals surface area (Å²) in [5.41, 5.74) is 2.20. The molecule has 2 aromatic carbocycles. The zero-order valence-electron chi connectivity index (χ0n) is 11.2. The van der Waals surface area contributed by atoms with Gasteiger partial charge < -0.3 is 0 Å². The lowest BCUT2D eigenvalue weighted by Gasteiger charge is -2.01. The number of hydrogen-bond acceptors (Lipinski definition) is 0. The molecule has 0 atom stereocenters. The summed E-state index contributed by atoms with van der Waals surface area (Å²) in [5, 5.41) is 1.34. The molecule has 108 valence electrons. The Kier molecular flexibility index (Phi) is 6.25. The van der Waals surface area contributed by atoms with Gasteiger partial charge in [0.15, 0.2) is 0 Å². The summed E-state index contributed by atoms with van der Waals surface area (Å²) in [6.45, 7) is 5.31. The van der Waals surface area contributed by atoms with Crippen molar-refractivity contribution in [2.24, 2.45) is 0 Å². The number of halogens is 5. The van der Waals surface area contributed by atoms with Gasteiger partial charge in [0.05, 0.1) is 5.02 Å². The SMILES string of the molecule is Cc1c(F)ccc(F)c1Cl.Cc1cc(Cl)c(C)c(Cl)c1. The quantitative estimate of drug-likeness (QED) is 0.479. The van der Waals surface area contributed by atoms with E-state index in [4.69, 9.17) is 34.8 Å². The van der Waals surface area contributed by atoms with Crippen LogP contribution in [-0.2, 0) is 0 Å². The Morgan fingerprint density at radius 3 is 1.65 bits per heavy atom. The molecule has 0 unspecified atom stereocenters. The molecule has 0 saturated carbocycles. The highest BCUT2D eigenvalue weighted by molar-refractivity contribution is 6.36. The first-order valence-electron chi connectivity index (χ1n) is 5.76. The van der Waals surface area contributed by atoms with Crippen LogP contribution >= 0.6 is 34.8 Å². The molecule has 0 spiro atoms. The minimum atomic E-state index is -0.583. The van der Waals surface area contributed by atoms with Crippen molar-refractivity contribution >= 4 is 34.8 Å². The Morgan fingerprint density at radius 2 is 1.20 bits per heavy atom. The number of benzene rings is 2. The molecule has 0 bridgehead atoms. The van der Waals surface area contributed by atoms with Gasteiger partial charge in [0.1, 0.15) is 11.6 Å². The third-order valence-electron chi connectivity index (χ3n) is 2.70. The normalized spacial score (nSPS) is 10.0. The Morgan fingerprint density at radius 1 is 0.750 bits per heavy atom. The van der Waals surface area contributed by atoms with Crippen LogP contribution in [0.5, 0.6) is 0 Å². The molecule has 0 fully saturated rings. The van der Waals surface area contributed by atoms with Crippen LogP contribution in [-0.4, -0.2) is 0 Å². The molecule has 2 rings (SSSR count). The van der Waals surface area contributed by atoms with Crippen molar-refractivity contribution in [3.05, 3.63) is 67.7 Å². The van der Waals surface area contributed by atoms with Crippen molar-refractivity contribution in [1.82, 2.24) is 0 Å². The fourth-order valence-corrected chi connectivity index (χ4v) is 2.15. The van der Waals surface area contributed by atoms with Crippen LogP contribution in [0.4, 0.5) is 8.78 Å².